The van der Waals surface area contributed by atoms with Crippen LogP contribution < -0.4 is 47.9 Å². The minimum absolute atomic E-state index is 0.173. The van der Waals surface area contributed by atoms with Crippen LogP contribution in [0.5, 0.6) is 0 Å². The van der Waals surface area contributed by atoms with Gasteiger partial charge in [-0.05, 0) is 55.7 Å². The third kappa shape index (κ3) is 13.5. The molecule has 1 amide bonds. The summed E-state index contributed by atoms with van der Waals surface area (Å²) in [5.41, 5.74) is -0.0791. The molecular formula is C33H61N9O2S. The molecule has 256 valence electrons. The SMILES string of the molecule is CC12CNCCNCC(NC(=S)NCCCCCCNC(=O)OCC3[C@H]4CCC#CCC[C@@H]34)(CNCCNC1)CNCCNC2. The van der Waals surface area contributed by atoms with Crippen molar-refractivity contribution in [3.63, 3.8) is 0 Å². The lowest BCUT2D eigenvalue weighted by atomic mass is 9.90. The Morgan fingerprint density at radius 1 is 0.733 bits per heavy atom. The van der Waals surface area contributed by atoms with Crippen LogP contribution in [0.4, 0.5) is 4.79 Å². The normalized spacial score (nSPS) is 31.4. The van der Waals surface area contributed by atoms with Crippen LogP contribution in [0.15, 0.2) is 0 Å². The third-order valence-corrected chi connectivity index (χ3v) is 10.0. The second-order valence-electron chi connectivity index (χ2n) is 13.9. The van der Waals surface area contributed by atoms with Crippen LogP contribution in [0, 0.1) is 35.0 Å². The van der Waals surface area contributed by atoms with Gasteiger partial charge in [-0.25, -0.2) is 4.79 Å². The number of fused-ring (bicyclic) bond motifs is 16. The van der Waals surface area contributed by atoms with Crippen LogP contribution in [0.2, 0.25) is 0 Å². The maximum Gasteiger partial charge on any atom is 0.407 e. The Kier molecular flexibility index (Phi) is 15.9. The molecule has 0 radical (unpaired) electrons. The van der Waals surface area contributed by atoms with Gasteiger partial charge >= 0.3 is 6.09 Å². The van der Waals surface area contributed by atoms with E-state index in [1.54, 1.807) is 0 Å². The molecule has 3 heterocycles. The van der Waals surface area contributed by atoms with Crippen LogP contribution in [0.25, 0.3) is 0 Å². The summed E-state index contributed by atoms with van der Waals surface area (Å²) in [6.07, 6.45) is 8.15. The molecule has 1 saturated carbocycles. The van der Waals surface area contributed by atoms with Crippen molar-refractivity contribution < 1.29 is 9.53 Å². The number of hydrogen-bond donors (Lipinski definition) is 9. The molecule has 9 N–H and O–H groups in total. The third-order valence-electron chi connectivity index (χ3n) is 9.76. The topological polar surface area (TPSA) is 135 Å². The smallest absolute Gasteiger partial charge is 0.407 e. The number of nitrogens with one attached hydrogen (secondary N) is 9. The van der Waals surface area contributed by atoms with Gasteiger partial charge in [0.2, 0.25) is 0 Å². The molecule has 4 fully saturated rings. The highest BCUT2D eigenvalue weighted by molar-refractivity contribution is 7.80. The molecule has 0 aromatic heterocycles. The summed E-state index contributed by atoms with van der Waals surface area (Å²) in [6.45, 7) is 15.3. The Balaban J connectivity index is 1.09. The van der Waals surface area contributed by atoms with Gasteiger partial charge in [0, 0.05) is 110 Å². The zero-order chi connectivity index (χ0) is 31.6. The molecule has 12 heteroatoms. The van der Waals surface area contributed by atoms with Gasteiger partial charge in [0.1, 0.15) is 0 Å². The lowest BCUT2D eigenvalue weighted by molar-refractivity contribution is 0.137. The number of amides is 1. The molecule has 5 aliphatic rings. The lowest BCUT2D eigenvalue weighted by Crippen LogP contribution is -2.67. The van der Waals surface area contributed by atoms with Crippen molar-refractivity contribution >= 4 is 23.4 Å². The maximum absolute atomic E-state index is 12.2. The van der Waals surface area contributed by atoms with E-state index in [9.17, 15) is 4.79 Å². The van der Waals surface area contributed by atoms with Gasteiger partial charge in [-0.15, -0.1) is 11.8 Å². The van der Waals surface area contributed by atoms with E-state index >= 15 is 0 Å². The standard InChI is InChI=1S/C33H61N9O2S/c1-32-21-34-14-17-37-24-33(25-38-18-15-35-22-32,26-39-19-16-36-23-32)42-30(45)40-12-8-4-5-9-13-41-31(43)44-20-29-27-10-6-2-3-7-11-28(27)29/h27-29,34-39H,4-26H2,1H3,(H,41,43)(H2,40,42,45)/t27-,28+,29?,32?,33?. The summed E-state index contributed by atoms with van der Waals surface area (Å²) < 4.78 is 5.53. The molecule has 5 rings (SSSR count). The van der Waals surface area contributed by atoms with Gasteiger partial charge in [0.25, 0.3) is 0 Å². The molecule has 3 aliphatic heterocycles. The lowest BCUT2D eigenvalue weighted by Gasteiger charge is -2.38. The monoisotopic (exact) mass is 647 g/mol. The summed E-state index contributed by atoms with van der Waals surface area (Å²) in [7, 11) is 0. The Morgan fingerprint density at radius 3 is 1.71 bits per heavy atom. The highest BCUT2D eigenvalue weighted by Crippen LogP contribution is 2.52. The van der Waals surface area contributed by atoms with E-state index in [1.165, 1.54) is 0 Å². The highest BCUT2D eigenvalue weighted by Gasteiger charge is 2.49. The van der Waals surface area contributed by atoms with Crippen molar-refractivity contribution in [2.24, 2.45) is 23.2 Å². The average molecular weight is 648 g/mol. The first-order valence-corrected chi connectivity index (χ1v) is 18.1. The van der Waals surface area contributed by atoms with Crippen LogP contribution in [0.3, 0.4) is 0 Å². The molecule has 0 spiro atoms. The number of rotatable bonds is 10. The van der Waals surface area contributed by atoms with Crippen molar-refractivity contribution in [1.29, 1.82) is 0 Å². The zero-order valence-corrected chi connectivity index (χ0v) is 28.5. The van der Waals surface area contributed by atoms with E-state index < -0.39 is 0 Å². The Bertz CT molecular complexity index is 897. The number of carbonyl (C=O) groups is 1. The van der Waals surface area contributed by atoms with Gasteiger partial charge in [-0.1, -0.05) is 19.8 Å². The number of alkyl carbamates (subject to hydrolysis) is 1. The summed E-state index contributed by atoms with van der Waals surface area (Å²) in [5, 5.41) is 32.8. The molecule has 3 atom stereocenters. The molecule has 1 unspecified atom stereocenters. The van der Waals surface area contributed by atoms with Crippen LogP contribution in [0.1, 0.15) is 58.3 Å². The number of carbonyl (C=O) groups excluding carboxylic acids is 1. The predicted molar refractivity (Wildman–Crippen MR) is 186 cm³/mol. The van der Waals surface area contributed by atoms with E-state index in [-0.39, 0.29) is 17.0 Å². The first-order valence-electron chi connectivity index (χ1n) is 17.7. The number of hydrogen-bond acceptors (Lipinski definition) is 9. The van der Waals surface area contributed by atoms with Gasteiger partial charge in [0.05, 0.1) is 12.1 Å². The van der Waals surface area contributed by atoms with Crippen molar-refractivity contribution in [3.05, 3.63) is 0 Å². The fourth-order valence-corrected chi connectivity index (χ4v) is 7.30. The largest absolute Gasteiger partial charge is 0.449 e. The first-order chi connectivity index (χ1) is 22.0. The van der Waals surface area contributed by atoms with E-state index in [0.29, 0.717) is 36.0 Å². The number of thiocarbonyl (C=S) groups is 1. The minimum atomic E-state index is -0.274. The Morgan fingerprint density at radius 2 is 1.20 bits per heavy atom. The van der Waals surface area contributed by atoms with Crippen LogP contribution in [-0.2, 0) is 4.74 Å². The molecule has 0 aromatic carbocycles. The van der Waals surface area contributed by atoms with Crippen molar-refractivity contribution in [2.45, 2.75) is 63.8 Å². The number of unbranched alkanes of at least 4 members (excludes halogenated alkanes) is 3. The molecule has 3 saturated heterocycles. The van der Waals surface area contributed by atoms with E-state index in [2.05, 4.69) is 66.6 Å². The Hall–Kier alpha value is -1.72. The van der Waals surface area contributed by atoms with Gasteiger partial charge < -0.3 is 52.6 Å². The van der Waals surface area contributed by atoms with E-state index in [1.807, 2.05) is 0 Å². The van der Waals surface area contributed by atoms with E-state index in [4.69, 9.17) is 17.0 Å². The van der Waals surface area contributed by atoms with E-state index in [0.717, 1.165) is 136 Å². The van der Waals surface area contributed by atoms with Crippen LogP contribution in [-0.4, -0.2) is 115 Å². The van der Waals surface area contributed by atoms with Gasteiger partial charge in [0.15, 0.2) is 5.11 Å². The molecule has 0 aromatic rings. The second kappa shape index (κ2) is 19.8. The minimum Gasteiger partial charge on any atom is -0.449 e. The fourth-order valence-electron chi connectivity index (χ4n) is 6.98. The summed E-state index contributed by atoms with van der Waals surface area (Å²) in [4.78, 5) is 12.2. The van der Waals surface area contributed by atoms with Crippen LogP contribution >= 0.6 is 12.2 Å². The zero-order valence-electron chi connectivity index (χ0n) is 27.7. The number of ether oxygens (including phenoxy) is 1. The fraction of sp³-hybridized carbons (Fsp3) is 0.879. The van der Waals surface area contributed by atoms with Crippen molar-refractivity contribution in [2.75, 3.05) is 98.2 Å². The summed E-state index contributed by atoms with van der Waals surface area (Å²) >= 11 is 5.79. The molecule has 2 aliphatic carbocycles. The van der Waals surface area contributed by atoms with Crippen molar-refractivity contribution in [1.82, 2.24) is 47.9 Å². The quantitative estimate of drug-likeness (QED) is 0.0932. The molecule has 11 nitrogen and oxygen atoms in total. The summed E-state index contributed by atoms with van der Waals surface area (Å²) in [5.74, 6) is 8.42. The second-order valence-corrected chi connectivity index (χ2v) is 14.3. The molecule has 2 bridgehead atoms. The molecule has 45 heavy (non-hydrogen) atoms. The maximum atomic E-state index is 12.2. The Labute approximate surface area is 277 Å². The van der Waals surface area contributed by atoms with Gasteiger partial charge in [-0.3, -0.25) is 0 Å². The first kappa shape index (κ1) is 36.1. The van der Waals surface area contributed by atoms with Crippen molar-refractivity contribution in [3.8, 4) is 11.8 Å². The predicted octanol–water partition coefficient (Wildman–Crippen LogP) is 0.487. The molecular weight excluding hydrogens is 586 g/mol. The van der Waals surface area contributed by atoms with Gasteiger partial charge in [-0.2, -0.15) is 0 Å². The highest BCUT2D eigenvalue weighted by atomic mass is 32.1. The average Bonchev–Trinajstić information content (AvgIpc) is 3.66. The summed E-state index contributed by atoms with van der Waals surface area (Å²) in [6, 6.07) is 0.